The first kappa shape index (κ1) is 19.7. The standard InChI is InChI=1S/C23H28N2OS2/c1-3-15(2)7-6-8-16(26)13-20-22(17-11-12-24-14-21(17)27-20)23-25-18-9-4-5-10-19(18)28-23/h4-5,9-10,15,24H,3,6-8,11-14H2,1-2H3. The van der Waals surface area contributed by atoms with Crippen LogP contribution >= 0.6 is 22.7 Å². The molecule has 0 saturated heterocycles. The molecule has 0 bridgehead atoms. The van der Waals surface area contributed by atoms with Crippen molar-refractivity contribution in [2.75, 3.05) is 6.54 Å². The van der Waals surface area contributed by atoms with Crippen LogP contribution in [0, 0.1) is 5.92 Å². The minimum atomic E-state index is 0.372. The van der Waals surface area contributed by atoms with E-state index in [0.717, 1.165) is 42.9 Å². The van der Waals surface area contributed by atoms with E-state index in [9.17, 15) is 4.79 Å². The predicted octanol–water partition coefficient (Wildman–Crippen LogP) is 6.00. The number of fused-ring (bicyclic) bond motifs is 2. The zero-order valence-corrected chi connectivity index (χ0v) is 18.3. The third-order valence-electron chi connectivity index (χ3n) is 5.72. The quantitative estimate of drug-likeness (QED) is 0.493. The molecule has 1 aliphatic rings. The van der Waals surface area contributed by atoms with Gasteiger partial charge < -0.3 is 5.32 Å². The number of Topliss-reactive ketones (excluding diaryl/α,β-unsaturated/α-hetero) is 1. The summed E-state index contributed by atoms with van der Waals surface area (Å²) in [6.07, 6.45) is 5.64. The van der Waals surface area contributed by atoms with Gasteiger partial charge in [-0.1, -0.05) is 38.8 Å². The van der Waals surface area contributed by atoms with Crippen LogP contribution in [0.2, 0.25) is 0 Å². The zero-order valence-electron chi connectivity index (χ0n) is 16.7. The third-order valence-corrected chi connectivity index (χ3v) is 8.00. The van der Waals surface area contributed by atoms with E-state index in [1.54, 1.807) is 11.3 Å². The first-order valence-electron chi connectivity index (χ1n) is 10.4. The number of benzene rings is 1. The third kappa shape index (κ3) is 4.22. The van der Waals surface area contributed by atoms with Crippen molar-refractivity contribution in [2.45, 2.75) is 58.9 Å². The van der Waals surface area contributed by atoms with Crippen molar-refractivity contribution < 1.29 is 4.79 Å². The summed E-state index contributed by atoms with van der Waals surface area (Å²) in [5.41, 5.74) is 3.74. The van der Waals surface area contributed by atoms with Gasteiger partial charge in [-0.3, -0.25) is 4.79 Å². The average molecular weight is 413 g/mol. The molecule has 1 atom stereocenters. The van der Waals surface area contributed by atoms with Crippen molar-refractivity contribution in [3.63, 3.8) is 0 Å². The number of rotatable bonds is 8. The Bertz CT molecular complexity index is 939. The summed E-state index contributed by atoms with van der Waals surface area (Å²) in [6, 6.07) is 8.33. The number of thiophene rings is 1. The van der Waals surface area contributed by atoms with E-state index < -0.39 is 0 Å². The highest BCUT2D eigenvalue weighted by molar-refractivity contribution is 7.22. The molecule has 2 aromatic heterocycles. The van der Waals surface area contributed by atoms with E-state index in [-0.39, 0.29) is 0 Å². The monoisotopic (exact) mass is 412 g/mol. The van der Waals surface area contributed by atoms with Gasteiger partial charge in [-0.05, 0) is 43.0 Å². The molecule has 0 aliphatic carbocycles. The van der Waals surface area contributed by atoms with Crippen LogP contribution in [0.15, 0.2) is 24.3 Å². The Morgan fingerprint density at radius 1 is 1.29 bits per heavy atom. The summed E-state index contributed by atoms with van der Waals surface area (Å²) in [5, 5.41) is 4.56. The first-order valence-corrected chi connectivity index (χ1v) is 12.0. The molecule has 0 radical (unpaired) electrons. The second kappa shape index (κ2) is 8.85. The fourth-order valence-corrected chi connectivity index (χ4v) is 6.35. The van der Waals surface area contributed by atoms with Gasteiger partial charge in [-0.15, -0.1) is 22.7 Å². The van der Waals surface area contributed by atoms with Gasteiger partial charge in [0, 0.05) is 34.7 Å². The fraction of sp³-hybridized carbons (Fsp3) is 0.478. The van der Waals surface area contributed by atoms with E-state index in [0.29, 0.717) is 24.5 Å². The minimum absolute atomic E-state index is 0.372. The summed E-state index contributed by atoms with van der Waals surface area (Å²) in [6.45, 7) is 6.42. The number of ketones is 1. The van der Waals surface area contributed by atoms with Gasteiger partial charge in [-0.2, -0.15) is 0 Å². The lowest BCUT2D eigenvalue weighted by Crippen LogP contribution is -2.22. The number of carbonyl (C=O) groups excluding carboxylic acids is 1. The maximum atomic E-state index is 12.7. The lowest BCUT2D eigenvalue weighted by molar-refractivity contribution is -0.118. The molecule has 0 fully saturated rings. The maximum Gasteiger partial charge on any atom is 0.138 e. The number of aromatic nitrogens is 1. The summed E-state index contributed by atoms with van der Waals surface area (Å²) < 4.78 is 1.22. The van der Waals surface area contributed by atoms with Crippen LogP contribution < -0.4 is 5.32 Å². The van der Waals surface area contributed by atoms with E-state index in [4.69, 9.17) is 4.98 Å². The highest BCUT2D eigenvalue weighted by Gasteiger charge is 2.25. The van der Waals surface area contributed by atoms with Crippen LogP contribution in [0.5, 0.6) is 0 Å². The molecule has 3 heterocycles. The molecule has 3 aromatic rings. The molecule has 1 aromatic carbocycles. The van der Waals surface area contributed by atoms with Gasteiger partial charge in [0.1, 0.15) is 10.8 Å². The van der Waals surface area contributed by atoms with Crippen molar-refractivity contribution in [1.29, 1.82) is 0 Å². The van der Waals surface area contributed by atoms with Crippen molar-refractivity contribution >= 4 is 38.7 Å². The molecule has 0 saturated carbocycles. The molecule has 5 heteroatoms. The van der Waals surface area contributed by atoms with Gasteiger partial charge in [0.15, 0.2) is 0 Å². The van der Waals surface area contributed by atoms with E-state index in [2.05, 4.69) is 37.4 Å². The smallest absolute Gasteiger partial charge is 0.138 e. The summed E-state index contributed by atoms with van der Waals surface area (Å²) in [5.74, 6) is 1.09. The Labute approximate surface area is 175 Å². The van der Waals surface area contributed by atoms with Crippen molar-refractivity contribution in [2.24, 2.45) is 5.92 Å². The van der Waals surface area contributed by atoms with Gasteiger partial charge in [0.05, 0.1) is 10.2 Å². The maximum absolute atomic E-state index is 12.7. The van der Waals surface area contributed by atoms with Crippen molar-refractivity contribution in [3.05, 3.63) is 39.6 Å². The first-order chi connectivity index (χ1) is 13.7. The molecule has 4 rings (SSSR count). The average Bonchev–Trinajstić information content (AvgIpc) is 3.27. The molecule has 148 valence electrons. The highest BCUT2D eigenvalue weighted by atomic mass is 32.1. The highest BCUT2D eigenvalue weighted by Crippen LogP contribution is 2.42. The van der Waals surface area contributed by atoms with Gasteiger partial charge in [-0.25, -0.2) is 4.98 Å². The molecule has 0 spiro atoms. The Morgan fingerprint density at radius 3 is 2.96 bits per heavy atom. The van der Waals surface area contributed by atoms with Crippen LogP contribution in [0.4, 0.5) is 0 Å². The molecular weight excluding hydrogens is 384 g/mol. The number of thiazole rings is 1. The van der Waals surface area contributed by atoms with Crippen molar-refractivity contribution in [1.82, 2.24) is 10.3 Å². The second-order valence-electron chi connectivity index (χ2n) is 7.84. The topological polar surface area (TPSA) is 42.0 Å². The number of carbonyl (C=O) groups is 1. The Balaban J connectivity index is 1.60. The zero-order chi connectivity index (χ0) is 19.5. The normalized spacial score (nSPS) is 14.9. The van der Waals surface area contributed by atoms with Crippen LogP contribution in [0.3, 0.4) is 0 Å². The van der Waals surface area contributed by atoms with E-state index >= 15 is 0 Å². The molecule has 0 amide bonds. The minimum Gasteiger partial charge on any atom is -0.312 e. The van der Waals surface area contributed by atoms with Gasteiger partial charge in [0.25, 0.3) is 0 Å². The molecule has 1 N–H and O–H groups in total. The number of nitrogens with zero attached hydrogens (tertiary/aromatic N) is 1. The largest absolute Gasteiger partial charge is 0.312 e. The van der Waals surface area contributed by atoms with Crippen LogP contribution in [0.25, 0.3) is 20.8 Å². The van der Waals surface area contributed by atoms with E-state index in [1.165, 1.54) is 32.0 Å². The molecule has 1 aliphatic heterocycles. The van der Waals surface area contributed by atoms with E-state index in [1.807, 2.05) is 17.4 Å². The number of hydrogen-bond donors (Lipinski definition) is 1. The molecular formula is C23H28N2OS2. The lowest BCUT2D eigenvalue weighted by Gasteiger charge is -2.13. The molecule has 28 heavy (non-hydrogen) atoms. The SMILES string of the molecule is CCC(C)CCCC(=O)Cc1sc2c(c1-c1nc3ccccc3s1)CCNC2. The van der Waals surface area contributed by atoms with Crippen LogP contribution in [0.1, 0.15) is 54.8 Å². The number of nitrogens with one attached hydrogen (secondary N) is 1. The predicted molar refractivity (Wildman–Crippen MR) is 120 cm³/mol. The molecule has 1 unspecified atom stereocenters. The Kier molecular flexibility index (Phi) is 6.24. The lowest BCUT2D eigenvalue weighted by atomic mass is 9.98. The number of para-hydroxylation sites is 1. The van der Waals surface area contributed by atoms with Crippen molar-refractivity contribution in [3.8, 4) is 10.6 Å². The summed E-state index contributed by atoms with van der Waals surface area (Å²) in [4.78, 5) is 20.3. The van der Waals surface area contributed by atoms with Crippen LogP contribution in [-0.4, -0.2) is 17.3 Å². The number of hydrogen-bond acceptors (Lipinski definition) is 5. The summed E-state index contributed by atoms with van der Waals surface area (Å²) >= 11 is 3.58. The Hall–Kier alpha value is -1.56. The summed E-state index contributed by atoms with van der Waals surface area (Å²) in [7, 11) is 0. The van der Waals surface area contributed by atoms with Gasteiger partial charge >= 0.3 is 0 Å². The fourth-order valence-electron chi connectivity index (χ4n) is 3.86. The van der Waals surface area contributed by atoms with Crippen LogP contribution in [-0.2, 0) is 24.2 Å². The van der Waals surface area contributed by atoms with Gasteiger partial charge in [0.2, 0.25) is 0 Å². The second-order valence-corrected chi connectivity index (χ2v) is 10.1. The molecule has 3 nitrogen and oxygen atoms in total. The Morgan fingerprint density at radius 2 is 2.14 bits per heavy atom.